The molecule has 0 aliphatic heterocycles. The Labute approximate surface area is 123 Å². The summed E-state index contributed by atoms with van der Waals surface area (Å²) in [5.41, 5.74) is 0.522. The Bertz CT molecular complexity index is 520. The Balaban J connectivity index is 2.10. The smallest absolute Gasteiger partial charge is 0.323 e. The molecule has 2 N–H and O–H groups in total. The Morgan fingerprint density at radius 1 is 1.47 bits per heavy atom. The molecular formula is C12H12BrClN2O3. The van der Waals surface area contributed by atoms with E-state index < -0.39 is 12.0 Å². The van der Waals surface area contributed by atoms with Crippen LogP contribution in [0.5, 0.6) is 0 Å². The maximum Gasteiger partial charge on any atom is 0.323 e. The van der Waals surface area contributed by atoms with Crippen molar-refractivity contribution >= 4 is 45.2 Å². The molecule has 0 atom stereocenters. The lowest BCUT2D eigenvalue weighted by Gasteiger charge is -2.21. The average Bonchev–Trinajstić information content (AvgIpc) is 3.14. The lowest BCUT2D eigenvalue weighted by molar-refractivity contribution is -0.137. The summed E-state index contributed by atoms with van der Waals surface area (Å²) in [6, 6.07) is 4.62. The standard InChI is InChI=1S/C12H12BrClN2O3/c13-9-4-1-7(14)5-10(9)15-12(19)16(6-11(17)18)8-2-3-8/h1,4-5,8H,2-3,6H2,(H,15,19)(H,17,18). The van der Waals surface area contributed by atoms with E-state index in [2.05, 4.69) is 21.2 Å². The minimum Gasteiger partial charge on any atom is -0.480 e. The van der Waals surface area contributed by atoms with E-state index in [0.717, 1.165) is 12.8 Å². The van der Waals surface area contributed by atoms with Crippen molar-refractivity contribution in [3.63, 3.8) is 0 Å². The highest BCUT2D eigenvalue weighted by Crippen LogP contribution is 2.29. The summed E-state index contributed by atoms with van der Waals surface area (Å²) in [5.74, 6) is -1.02. The van der Waals surface area contributed by atoms with Gasteiger partial charge in [0.1, 0.15) is 6.54 Å². The molecular weight excluding hydrogens is 336 g/mol. The SMILES string of the molecule is O=C(O)CN(C(=O)Nc1cc(Cl)ccc1Br)C1CC1. The number of urea groups is 1. The van der Waals surface area contributed by atoms with Crippen LogP contribution in [-0.2, 0) is 4.79 Å². The highest BCUT2D eigenvalue weighted by molar-refractivity contribution is 9.10. The number of nitrogens with zero attached hydrogens (tertiary/aromatic N) is 1. The van der Waals surface area contributed by atoms with Gasteiger partial charge in [-0.15, -0.1) is 0 Å². The third-order valence-corrected chi connectivity index (χ3v) is 3.65. The molecule has 0 spiro atoms. The van der Waals surface area contributed by atoms with Gasteiger partial charge in [0.25, 0.3) is 0 Å². The van der Waals surface area contributed by atoms with Gasteiger partial charge in [0.05, 0.1) is 5.69 Å². The number of carboxylic acids is 1. The van der Waals surface area contributed by atoms with Gasteiger partial charge in [0, 0.05) is 15.5 Å². The Morgan fingerprint density at radius 2 is 2.16 bits per heavy atom. The number of anilines is 1. The third-order valence-electron chi connectivity index (χ3n) is 2.72. The molecule has 0 heterocycles. The van der Waals surface area contributed by atoms with Gasteiger partial charge < -0.3 is 15.3 Å². The van der Waals surface area contributed by atoms with Gasteiger partial charge in [0.2, 0.25) is 0 Å². The first-order chi connectivity index (χ1) is 8.97. The number of aliphatic carboxylic acids is 1. The molecule has 5 nitrogen and oxygen atoms in total. The quantitative estimate of drug-likeness (QED) is 0.879. The topological polar surface area (TPSA) is 69.6 Å². The number of hydrogen-bond donors (Lipinski definition) is 2. The Hall–Kier alpha value is -1.27. The van der Waals surface area contributed by atoms with E-state index in [1.807, 2.05) is 0 Å². The number of hydrogen-bond acceptors (Lipinski definition) is 2. The second kappa shape index (κ2) is 5.79. The van der Waals surface area contributed by atoms with Gasteiger partial charge in [-0.05, 0) is 47.0 Å². The van der Waals surface area contributed by atoms with E-state index in [4.69, 9.17) is 16.7 Å². The summed E-state index contributed by atoms with van der Waals surface area (Å²) in [4.78, 5) is 24.2. The highest BCUT2D eigenvalue weighted by Gasteiger charge is 2.34. The molecule has 0 saturated heterocycles. The fourth-order valence-electron chi connectivity index (χ4n) is 1.68. The molecule has 0 bridgehead atoms. The normalized spacial score (nSPS) is 14.0. The number of carbonyl (C=O) groups is 2. The van der Waals surface area contributed by atoms with E-state index in [9.17, 15) is 9.59 Å². The highest BCUT2D eigenvalue weighted by atomic mass is 79.9. The van der Waals surface area contributed by atoms with Crippen LogP contribution in [0.15, 0.2) is 22.7 Å². The summed E-state index contributed by atoms with van der Waals surface area (Å²) in [5, 5.41) is 12.0. The van der Waals surface area contributed by atoms with Crippen LogP contribution in [-0.4, -0.2) is 34.6 Å². The van der Waals surface area contributed by atoms with Crippen LogP contribution in [0.1, 0.15) is 12.8 Å². The zero-order valence-electron chi connectivity index (χ0n) is 9.90. The van der Waals surface area contributed by atoms with E-state index in [0.29, 0.717) is 15.2 Å². The molecule has 19 heavy (non-hydrogen) atoms. The second-order valence-electron chi connectivity index (χ2n) is 4.31. The summed E-state index contributed by atoms with van der Waals surface area (Å²) in [7, 11) is 0. The van der Waals surface area contributed by atoms with Gasteiger partial charge in [-0.2, -0.15) is 0 Å². The Morgan fingerprint density at radius 3 is 2.74 bits per heavy atom. The van der Waals surface area contributed by atoms with Crippen LogP contribution in [0, 0.1) is 0 Å². The molecule has 102 valence electrons. The molecule has 1 fully saturated rings. The third kappa shape index (κ3) is 3.84. The van der Waals surface area contributed by atoms with Gasteiger partial charge in [0.15, 0.2) is 0 Å². The molecule has 7 heteroatoms. The first-order valence-electron chi connectivity index (χ1n) is 5.72. The lowest BCUT2D eigenvalue weighted by atomic mass is 10.3. The van der Waals surface area contributed by atoms with Crippen molar-refractivity contribution in [1.82, 2.24) is 4.90 Å². The van der Waals surface area contributed by atoms with Crippen molar-refractivity contribution < 1.29 is 14.7 Å². The van der Waals surface area contributed by atoms with Crippen LogP contribution >= 0.6 is 27.5 Å². The zero-order chi connectivity index (χ0) is 14.0. The molecule has 1 aliphatic rings. The monoisotopic (exact) mass is 346 g/mol. The number of nitrogens with one attached hydrogen (secondary N) is 1. The van der Waals surface area contributed by atoms with Crippen LogP contribution in [0.2, 0.25) is 5.02 Å². The molecule has 0 aromatic heterocycles. The van der Waals surface area contributed by atoms with Crippen LogP contribution in [0.25, 0.3) is 0 Å². The molecule has 2 rings (SSSR count). The molecule has 2 amide bonds. The van der Waals surface area contributed by atoms with Crippen LogP contribution < -0.4 is 5.32 Å². The molecule has 0 radical (unpaired) electrons. The molecule has 1 aliphatic carbocycles. The number of halogens is 2. The van der Waals surface area contributed by atoms with Gasteiger partial charge in [-0.25, -0.2) is 4.79 Å². The molecule has 1 saturated carbocycles. The predicted molar refractivity (Wildman–Crippen MR) is 75.5 cm³/mol. The van der Waals surface area contributed by atoms with Crippen LogP contribution in [0.4, 0.5) is 10.5 Å². The van der Waals surface area contributed by atoms with Crippen LogP contribution in [0.3, 0.4) is 0 Å². The molecule has 1 aromatic carbocycles. The summed E-state index contributed by atoms with van der Waals surface area (Å²) in [6.07, 6.45) is 1.69. The lowest BCUT2D eigenvalue weighted by Crippen LogP contribution is -2.40. The second-order valence-corrected chi connectivity index (χ2v) is 5.60. The zero-order valence-corrected chi connectivity index (χ0v) is 12.2. The van der Waals surface area contributed by atoms with E-state index in [1.165, 1.54) is 4.90 Å². The largest absolute Gasteiger partial charge is 0.480 e. The summed E-state index contributed by atoms with van der Waals surface area (Å²) in [6.45, 7) is -0.297. The molecule has 1 aromatic rings. The van der Waals surface area contributed by atoms with Gasteiger partial charge >= 0.3 is 12.0 Å². The maximum atomic E-state index is 12.1. The molecule has 0 unspecified atom stereocenters. The fourth-order valence-corrected chi connectivity index (χ4v) is 2.20. The van der Waals surface area contributed by atoms with Gasteiger partial charge in [-0.3, -0.25) is 4.79 Å². The minimum absolute atomic E-state index is 0.0223. The van der Waals surface area contributed by atoms with Crippen molar-refractivity contribution in [2.75, 3.05) is 11.9 Å². The fraction of sp³-hybridized carbons (Fsp3) is 0.333. The minimum atomic E-state index is -1.02. The first-order valence-corrected chi connectivity index (χ1v) is 6.89. The van der Waals surface area contributed by atoms with Crippen molar-refractivity contribution in [3.05, 3.63) is 27.7 Å². The van der Waals surface area contributed by atoms with Crippen molar-refractivity contribution in [2.24, 2.45) is 0 Å². The number of carboxylic acid groups (broad SMARTS) is 1. The summed E-state index contributed by atoms with van der Waals surface area (Å²) < 4.78 is 0.691. The average molecular weight is 348 g/mol. The van der Waals surface area contributed by atoms with Crippen molar-refractivity contribution in [2.45, 2.75) is 18.9 Å². The Kier molecular flexibility index (Phi) is 4.31. The number of benzene rings is 1. The van der Waals surface area contributed by atoms with Crippen molar-refractivity contribution in [1.29, 1.82) is 0 Å². The first kappa shape index (κ1) is 14.1. The van der Waals surface area contributed by atoms with E-state index >= 15 is 0 Å². The van der Waals surface area contributed by atoms with Crippen molar-refractivity contribution in [3.8, 4) is 0 Å². The number of carbonyl (C=O) groups excluding carboxylic acids is 1. The van der Waals surface area contributed by atoms with Gasteiger partial charge in [-0.1, -0.05) is 11.6 Å². The maximum absolute atomic E-state index is 12.1. The number of amides is 2. The van der Waals surface area contributed by atoms with E-state index in [-0.39, 0.29) is 12.6 Å². The summed E-state index contributed by atoms with van der Waals surface area (Å²) >= 11 is 9.16. The van der Waals surface area contributed by atoms with E-state index in [1.54, 1.807) is 18.2 Å². The number of rotatable bonds is 4. The predicted octanol–water partition coefficient (Wildman–Crippen LogP) is 3.18.